The fourth-order valence-corrected chi connectivity index (χ4v) is 3.19. The van der Waals surface area contributed by atoms with Gasteiger partial charge in [-0.15, -0.1) is 0 Å². The molecule has 0 aromatic heterocycles. The molecule has 1 aromatic carbocycles. The first-order valence-electron chi connectivity index (χ1n) is 7.43. The van der Waals surface area contributed by atoms with Gasteiger partial charge in [0.1, 0.15) is 12.3 Å². The quantitative estimate of drug-likeness (QED) is 0.819. The van der Waals surface area contributed by atoms with Crippen LogP contribution in [-0.2, 0) is 9.53 Å². The highest BCUT2D eigenvalue weighted by atomic mass is 16.6. The number of aryl methyl sites for hydroxylation is 1. The highest BCUT2D eigenvalue weighted by Crippen LogP contribution is 2.21. The zero-order valence-corrected chi connectivity index (χ0v) is 11.9. The van der Waals surface area contributed by atoms with Gasteiger partial charge in [-0.05, 0) is 19.1 Å². The molecule has 0 spiro atoms. The maximum atomic E-state index is 11.9. The fraction of sp³-hybridized carbons (Fsp3) is 0.562. The van der Waals surface area contributed by atoms with E-state index in [2.05, 4.69) is 0 Å². The van der Waals surface area contributed by atoms with Crippen molar-refractivity contribution in [1.29, 1.82) is 0 Å². The summed E-state index contributed by atoms with van der Waals surface area (Å²) in [7, 11) is 0. The monoisotopic (exact) mass is 276 g/mol. The van der Waals surface area contributed by atoms with E-state index in [-0.39, 0.29) is 18.7 Å². The molecule has 20 heavy (non-hydrogen) atoms. The second-order valence-electron chi connectivity index (χ2n) is 5.92. The summed E-state index contributed by atoms with van der Waals surface area (Å²) in [4.78, 5) is 13.4. The van der Waals surface area contributed by atoms with Crippen LogP contribution in [0.3, 0.4) is 0 Å². The number of hydrogen-bond acceptors (Lipinski definition) is 3. The molecule has 3 heterocycles. The molecule has 0 aliphatic carbocycles. The number of hydrogen-bond donors (Lipinski definition) is 1. The van der Waals surface area contributed by atoms with Crippen LogP contribution in [0.5, 0.6) is 5.75 Å². The van der Waals surface area contributed by atoms with Gasteiger partial charge in [0.25, 0.3) is 0 Å². The Morgan fingerprint density at radius 2 is 1.95 bits per heavy atom. The number of carbonyl (C=O) groups excluding carboxylic acids is 1. The van der Waals surface area contributed by atoms with E-state index in [4.69, 9.17) is 9.47 Å². The molecule has 4 nitrogen and oxygen atoms in total. The Morgan fingerprint density at radius 3 is 2.55 bits per heavy atom. The average Bonchev–Trinajstić information content (AvgIpc) is 2.48. The van der Waals surface area contributed by atoms with Gasteiger partial charge in [0.2, 0.25) is 0 Å². The average molecular weight is 276 g/mol. The standard InChI is InChI=1S/C16H21NO3/c1-12-2-4-14(5-3-12)19-11-16(18)20-15-10-17-8-6-13(15)7-9-17/h2-5,13,15H,6-11H2,1H3/p+1/t15-/m1/s1. The SMILES string of the molecule is Cc1ccc(OCC(=O)O[C@@H]2C[NH+]3CCC2CC3)cc1. The lowest BCUT2D eigenvalue weighted by Crippen LogP contribution is -3.16. The van der Waals surface area contributed by atoms with Crippen LogP contribution >= 0.6 is 0 Å². The summed E-state index contributed by atoms with van der Waals surface area (Å²) >= 11 is 0. The Bertz CT molecular complexity index is 463. The first kappa shape index (κ1) is 13.4. The maximum Gasteiger partial charge on any atom is 0.344 e. The smallest absolute Gasteiger partial charge is 0.344 e. The number of nitrogens with one attached hydrogen (secondary N) is 1. The Labute approximate surface area is 119 Å². The first-order valence-corrected chi connectivity index (χ1v) is 7.43. The summed E-state index contributed by atoms with van der Waals surface area (Å²) in [5, 5.41) is 0. The minimum Gasteiger partial charge on any atom is -0.482 e. The summed E-state index contributed by atoms with van der Waals surface area (Å²) in [6.45, 7) is 5.47. The van der Waals surface area contributed by atoms with Crippen molar-refractivity contribution in [3.8, 4) is 5.75 Å². The molecule has 0 radical (unpaired) electrons. The molecule has 3 aliphatic heterocycles. The van der Waals surface area contributed by atoms with Crippen LogP contribution in [0.1, 0.15) is 18.4 Å². The van der Waals surface area contributed by atoms with Crippen LogP contribution in [0.4, 0.5) is 0 Å². The molecule has 4 heteroatoms. The summed E-state index contributed by atoms with van der Waals surface area (Å²) in [5.74, 6) is 1.03. The number of quaternary nitrogens is 1. The minimum absolute atomic E-state index is 0.00160. The van der Waals surface area contributed by atoms with Crippen molar-refractivity contribution in [3.05, 3.63) is 29.8 Å². The Morgan fingerprint density at radius 1 is 1.25 bits per heavy atom. The van der Waals surface area contributed by atoms with Crippen molar-refractivity contribution in [3.63, 3.8) is 0 Å². The highest BCUT2D eigenvalue weighted by Gasteiger charge is 2.39. The van der Waals surface area contributed by atoms with Crippen LogP contribution in [-0.4, -0.2) is 38.3 Å². The second-order valence-corrected chi connectivity index (χ2v) is 5.92. The van der Waals surface area contributed by atoms with Gasteiger partial charge in [-0.3, -0.25) is 0 Å². The maximum absolute atomic E-state index is 11.9. The van der Waals surface area contributed by atoms with E-state index in [1.807, 2.05) is 31.2 Å². The molecule has 108 valence electrons. The molecule has 4 rings (SSSR count). The van der Waals surface area contributed by atoms with Crippen LogP contribution in [0.2, 0.25) is 0 Å². The predicted octanol–water partition coefficient (Wildman–Crippen LogP) is 0.594. The van der Waals surface area contributed by atoms with Crippen molar-refractivity contribution >= 4 is 5.97 Å². The van der Waals surface area contributed by atoms with E-state index in [9.17, 15) is 4.79 Å². The first-order chi connectivity index (χ1) is 9.70. The lowest BCUT2D eigenvalue weighted by Gasteiger charge is -2.41. The van der Waals surface area contributed by atoms with Crippen molar-refractivity contribution < 1.29 is 19.2 Å². The molecule has 2 bridgehead atoms. The number of carbonyl (C=O) groups is 1. The van der Waals surface area contributed by atoms with Crippen molar-refractivity contribution in [1.82, 2.24) is 0 Å². The van der Waals surface area contributed by atoms with Gasteiger partial charge in [0, 0.05) is 18.8 Å². The zero-order chi connectivity index (χ0) is 13.9. The second kappa shape index (κ2) is 5.83. The molecule has 0 unspecified atom stereocenters. The van der Waals surface area contributed by atoms with Gasteiger partial charge in [-0.1, -0.05) is 17.7 Å². The van der Waals surface area contributed by atoms with Gasteiger partial charge in [0.05, 0.1) is 13.1 Å². The third-order valence-corrected chi connectivity index (χ3v) is 4.41. The van der Waals surface area contributed by atoms with Crippen LogP contribution < -0.4 is 9.64 Å². The number of benzene rings is 1. The van der Waals surface area contributed by atoms with Gasteiger partial charge in [-0.25, -0.2) is 4.79 Å². The minimum atomic E-state index is -0.247. The van der Waals surface area contributed by atoms with Gasteiger partial charge < -0.3 is 14.4 Å². The third-order valence-electron chi connectivity index (χ3n) is 4.41. The predicted molar refractivity (Wildman–Crippen MR) is 74.8 cm³/mol. The van der Waals surface area contributed by atoms with Crippen molar-refractivity contribution in [2.24, 2.45) is 5.92 Å². The van der Waals surface area contributed by atoms with E-state index in [1.165, 1.54) is 31.5 Å². The molecule has 1 N–H and O–H groups in total. The molecular formula is C16H22NO3+. The highest BCUT2D eigenvalue weighted by molar-refractivity contribution is 5.71. The number of ether oxygens (including phenoxy) is 2. The topological polar surface area (TPSA) is 40.0 Å². The summed E-state index contributed by atoms with van der Waals surface area (Å²) < 4.78 is 11.0. The number of rotatable bonds is 4. The fourth-order valence-electron chi connectivity index (χ4n) is 3.19. The molecule has 3 aliphatic rings. The van der Waals surface area contributed by atoms with E-state index < -0.39 is 0 Å². The summed E-state index contributed by atoms with van der Waals surface area (Å²) in [6.07, 6.45) is 2.47. The van der Waals surface area contributed by atoms with Gasteiger partial charge in [0.15, 0.2) is 12.7 Å². The number of esters is 1. The van der Waals surface area contributed by atoms with Gasteiger partial charge in [-0.2, -0.15) is 0 Å². The molecule has 1 aromatic rings. The Kier molecular flexibility index (Phi) is 3.92. The number of piperidine rings is 3. The molecule has 1 atom stereocenters. The third kappa shape index (κ3) is 3.12. The van der Waals surface area contributed by atoms with Gasteiger partial charge >= 0.3 is 5.97 Å². The lowest BCUT2D eigenvalue weighted by atomic mass is 9.86. The lowest BCUT2D eigenvalue weighted by molar-refractivity contribution is -0.920. The van der Waals surface area contributed by atoms with Crippen LogP contribution in [0.25, 0.3) is 0 Å². The molecule has 3 fully saturated rings. The van der Waals surface area contributed by atoms with Crippen LogP contribution in [0, 0.1) is 12.8 Å². The van der Waals surface area contributed by atoms with Crippen molar-refractivity contribution in [2.75, 3.05) is 26.2 Å². The summed E-state index contributed by atoms with van der Waals surface area (Å²) in [6, 6.07) is 7.69. The summed E-state index contributed by atoms with van der Waals surface area (Å²) in [5.41, 5.74) is 1.18. The Hall–Kier alpha value is -1.55. The Balaban J connectivity index is 1.46. The molecule has 0 saturated carbocycles. The van der Waals surface area contributed by atoms with E-state index in [0.717, 1.165) is 6.54 Å². The number of fused-ring (bicyclic) bond motifs is 3. The van der Waals surface area contributed by atoms with E-state index in [0.29, 0.717) is 11.7 Å². The largest absolute Gasteiger partial charge is 0.482 e. The molecule has 0 amide bonds. The molecule has 3 saturated heterocycles. The van der Waals surface area contributed by atoms with E-state index >= 15 is 0 Å². The zero-order valence-electron chi connectivity index (χ0n) is 11.9. The van der Waals surface area contributed by atoms with Crippen molar-refractivity contribution in [2.45, 2.75) is 25.9 Å². The normalized spacial score (nSPS) is 28.1. The molecular weight excluding hydrogens is 254 g/mol. The van der Waals surface area contributed by atoms with E-state index in [1.54, 1.807) is 4.90 Å². The van der Waals surface area contributed by atoms with Crippen LogP contribution in [0.15, 0.2) is 24.3 Å².